The third-order valence-electron chi connectivity index (χ3n) is 3.72. The van der Waals surface area contributed by atoms with E-state index in [4.69, 9.17) is 18.9 Å². The van der Waals surface area contributed by atoms with Crippen LogP contribution in [0.25, 0.3) is 0 Å². The Balaban J connectivity index is 2.03. The zero-order valence-corrected chi connectivity index (χ0v) is 13.3. The van der Waals surface area contributed by atoms with Gasteiger partial charge in [-0.25, -0.2) is 0 Å². The van der Waals surface area contributed by atoms with Gasteiger partial charge in [-0.05, 0) is 25.5 Å². The Kier molecular flexibility index (Phi) is 5.45. The van der Waals surface area contributed by atoms with Crippen LogP contribution in [0, 0.1) is 6.92 Å². The van der Waals surface area contributed by atoms with E-state index in [1.165, 1.54) is 0 Å². The Morgan fingerprint density at radius 3 is 2.67 bits per heavy atom. The van der Waals surface area contributed by atoms with Crippen LogP contribution in [0.1, 0.15) is 18.1 Å². The number of ether oxygens (including phenoxy) is 4. The molecule has 1 aliphatic heterocycles. The normalized spacial score (nSPS) is 22.1. The predicted octanol–water partition coefficient (Wildman–Crippen LogP) is 1.91. The molecule has 5 nitrogen and oxygen atoms in total. The van der Waals surface area contributed by atoms with Gasteiger partial charge in [-0.3, -0.25) is 0 Å². The van der Waals surface area contributed by atoms with Crippen LogP contribution in [0.3, 0.4) is 0 Å². The maximum absolute atomic E-state index is 5.79. The number of rotatable bonds is 6. The highest BCUT2D eigenvalue weighted by atomic mass is 16.6. The lowest BCUT2D eigenvalue weighted by molar-refractivity contribution is -0.145. The van der Waals surface area contributed by atoms with Crippen molar-refractivity contribution in [1.82, 2.24) is 5.32 Å². The summed E-state index contributed by atoms with van der Waals surface area (Å²) in [5.74, 6) is 1.70. The van der Waals surface area contributed by atoms with Gasteiger partial charge in [-0.2, -0.15) is 0 Å². The minimum Gasteiger partial charge on any atom is -0.496 e. The van der Waals surface area contributed by atoms with Gasteiger partial charge in [0, 0.05) is 13.1 Å². The molecule has 1 saturated heterocycles. The van der Waals surface area contributed by atoms with Gasteiger partial charge in [0.2, 0.25) is 0 Å². The van der Waals surface area contributed by atoms with Gasteiger partial charge in [0.15, 0.2) is 0 Å². The molecule has 0 amide bonds. The summed E-state index contributed by atoms with van der Waals surface area (Å²) in [6.07, 6.45) is 0. The van der Waals surface area contributed by atoms with Crippen molar-refractivity contribution in [2.75, 3.05) is 40.6 Å². The molecule has 0 spiro atoms. The van der Waals surface area contributed by atoms with Gasteiger partial charge in [0.1, 0.15) is 17.1 Å². The van der Waals surface area contributed by atoms with Crippen LogP contribution >= 0.6 is 0 Å². The lowest BCUT2D eigenvalue weighted by atomic mass is 10.1. The average Bonchev–Trinajstić information content (AvgIpc) is 2.48. The predicted molar refractivity (Wildman–Crippen MR) is 81.2 cm³/mol. The quantitative estimate of drug-likeness (QED) is 0.869. The fourth-order valence-corrected chi connectivity index (χ4v) is 2.60. The smallest absolute Gasteiger partial charge is 0.129 e. The van der Waals surface area contributed by atoms with Crippen molar-refractivity contribution in [3.05, 3.63) is 23.3 Å². The van der Waals surface area contributed by atoms with Gasteiger partial charge >= 0.3 is 0 Å². The van der Waals surface area contributed by atoms with Crippen LogP contribution in [-0.4, -0.2) is 46.2 Å². The Labute approximate surface area is 126 Å². The molecule has 1 atom stereocenters. The molecule has 0 aromatic heterocycles. The number of methoxy groups -OCH3 is 2. The number of hydrogen-bond donors (Lipinski definition) is 1. The van der Waals surface area contributed by atoms with E-state index in [1.807, 2.05) is 19.1 Å². The molecule has 118 valence electrons. The van der Waals surface area contributed by atoms with Crippen molar-refractivity contribution in [1.29, 1.82) is 0 Å². The first-order valence-electron chi connectivity index (χ1n) is 7.22. The molecule has 5 heteroatoms. The molecule has 1 unspecified atom stereocenters. The summed E-state index contributed by atoms with van der Waals surface area (Å²) in [6, 6.07) is 3.97. The van der Waals surface area contributed by atoms with E-state index < -0.39 is 0 Å². The van der Waals surface area contributed by atoms with E-state index in [9.17, 15) is 0 Å². The van der Waals surface area contributed by atoms with Crippen LogP contribution in [0.15, 0.2) is 12.1 Å². The van der Waals surface area contributed by atoms with Crippen molar-refractivity contribution >= 4 is 0 Å². The van der Waals surface area contributed by atoms with Crippen molar-refractivity contribution in [3.63, 3.8) is 0 Å². The minimum absolute atomic E-state index is 0.275. The Hall–Kier alpha value is -1.30. The molecule has 0 saturated carbocycles. The van der Waals surface area contributed by atoms with Crippen LogP contribution in [0.4, 0.5) is 0 Å². The Bertz CT molecular complexity index is 470. The number of nitrogens with one attached hydrogen (secondary N) is 1. The van der Waals surface area contributed by atoms with E-state index >= 15 is 0 Å². The molecule has 1 aromatic rings. The number of aryl methyl sites for hydroxylation is 1. The first-order valence-corrected chi connectivity index (χ1v) is 7.22. The fraction of sp³-hybridized carbons (Fsp3) is 0.625. The van der Waals surface area contributed by atoms with Crippen molar-refractivity contribution in [2.24, 2.45) is 0 Å². The Morgan fingerprint density at radius 1 is 1.24 bits per heavy atom. The van der Waals surface area contributed by atoms with Gasteiger partial charge in [-0.15, -0.1) is 0 Å². The van der Waals surface area contributed by atoms with E-state index in [1.54, 1.807) is 14.2 Å². The molecule has 1 fully saturated rings. The van der Waals surface area contributed by atoms with Crippen molar-refractivity contribution in [3.8, 4) is 11.5 Å². The zero-order chi connectivity index (χ0) is 15.3. The SMILES string of the molecule is COc1ccc(C)c(OC)c1CNCC1(C)COCCO1. The summed E-state index contributed by atoms with van der Waals surface area (Å²) >= 11 is 0. The summed E-state index contributed by atoms with van der Waals surface area (Å²) < 4.78 is 22.2. The molecule has 1 aliphatic rings. The Morgan fingerprint density at radius 2 is 2.05 bits per heavy atom. The second-order valence-electron chi connectivity index (χ2n) is 5.55. The standard InChI is InChI=1S/C16H25NO4/c1-12-5-6-14(18-3)13(15(12)19-4)9-17-10-16(2)11-20-7-8-21-16/h5-6,17H,7-11H2,1-4H3. The molecule has 0 aliphatic carbocycles. The minimum atomic E-state index is -0.275. The average molecular weight is 295 g/mol. The van der Waals surface area contributed by atoms with Crippen molar-refractivity contribution < 1.29 is 18.9 Å². The fourth-order valence-electron chi connectivity index (χ4n) is 2.60. The third-order valence-corrected chi connectivity index (χ3v) is 3.72. The van der Waals surface area contributed by atoms with Crippen LogP contribution in [0.5, 0.6) is 11.5 Å². The van der Waals surface area contributed by atoms with Crippen LogP contribution < -0.4 is 14.8 Å². The van der Waals surface area contributed by atoms with Gasteiger partial charge < -0.3 is 24.3 Å². The molecule has 2 rings (SSSR count). The molecule has 1 aromatic carbocycles. The molecule has 1 heterocycles. The summed E-state index contributed by atoms with van der Waals surface area (Å²) in [4.78, 5) is 0. The highest BCUT2D eigenvalue weighted by Gasteiger charge is 2.28. The largest absolute Gasteiger partial charge is 0.496 e. The zero-order valence-electron chi connectivity index (χ0n) is 13.3. The maximum Gasteiger partial charge on any atom is 0.129 e. The van der Waals surface area contributed by atoms with E-state index in [0.29, 0.717) is 32.9 Å². The van der Waals surface area contributed by atoms with Crippen LogP contribution in [0.2, 0.25) is 0 Å². The second kappa shape index (κ2) is 7.11. The van der Waals surface area contributed by atoms with E-state index in [-0.39, 0.29) is 5.60 Å². The summed E-state index contributed by atoms with van der Waals surface area (Å²) in [7, 11) is 3.36. The van der Waals surface area contributed by atoms with Gasteiger partial charge in [0.25, 0.3) is 0 Å². The monoisotopic (exact) mass is 295 g/mol. The highest BCUT2D eigenvalue weighted by Crippen LogP contribution is 2.31. The lowest BCUT2D eigenvalue weighted by Crippen LogP contribution is -2.48. The summed E-state index contributed by atoms with van der Waals surface area (Å²) in [5.41, 5.74) is 1.85. The van der Waals surface area contributed by atoms with E-state index in [2.05, 4.69) is 12.2 Å². The first-order chi connectivity index (χ1) is 10.1. The molecular weight excluding hydrogens is 270 g/mol. The molecule has 0 radical (unpaired) electrons. The third kappa shape index (κ3) is 3.87. The molecule has 0 bridgehead atoms. The molecule has 1 N–H and O–H groups in total. The second-order valence-corrected chi connectivity index (χ2v) is 5.55. The summed E-state index contributed by atoms with van der Waals surface area (Å²) in [6.45, 7) is 7.40. The van der Waals surface area contributed by atoms with Crippen LogP contribution in [-0.2, 0) is 16.0 Å². The lowest BCUT2D eigenvalue weighted by Gasteiger charge is -2.34. The summed E-state index contributed by atoms with van der Waals surface area (Å²) in [5, 5.41) is 3.42. The highest BCUT2D eigenvalue weighted by molar-refractivity contribution is 5.49. The maximum atomic E-state index is 5.79. The molecule has 21 heavy (non-hydrogen) atoms. The van der Waals surface area contributed by atoms with Gasteiger partial charge in [-0.1, -0.05) is 6.07 Å². The van der Waals surface area contributed by atoms with E-state index in [0.717, 1.165) is 22.6 Å². The van der Waals surface area contributed by atoms with Gasteiger partial charge in [0.05, 0.1) is 39.6 Å². The number of benzene rings is 1. The number of hydrogen-bond acceptors (Lipinski definition) is 5. The molecular formula is C16H25NO4. The first kappa shape index (κ1) is 16.1. The van der Waals surface area contributed by atoms with Crippen molar-refractivity contribution in [2.45, 2.75) is 26.0 Å². The topological polar surface area (TPSA) is 49.0 Å².